The molecule has 0 fully saturated rings. The molecule has 1 unspecified atom stereocenters. The third-order valence-electron chi connectivity index (χ3n) is 3.08. The minimum Gasteiger partial charge on any atom is -0.389 e. The lowest BCUT2D eigenvalue weighted by Gasteiger charge is -2.20. The Labute approximate surface area is 101 Å². The highest BCUT2D eigenvalue weighted by atomic mass is 16.3. The van der Waals surface area contributed by atoms with Gasteiger partial charge >= 0.3 is 0 Å². The van der Waals surface area contributed by atoms with Crippen LogP contribution in [0, 0.1) is 0 Å². The third kappa shape index (κ3) is 2.84. The fraction of sp³-hybridized carbons (Fsp3) is 0.462. The number of aliphatic hydroxyl groups is 1. The molecule has 1 atom stereocenters. The predicted molar refractivity (Wildman–Crippen MR) is 68.6 cm³/mol. The molecule has 1 aromatic carbocycles. The Morgan fingerprint density at radius 3 is 2.94 bits per heavy atom. The van der Waals surface area contributed by atoms with Gasteiger partial charge in [0.15, 0.2) is 0 Å². The van der Waals surface area contributed by atoms with Crippen molar-refractivity contribution in [3.63, 3.8) is 0 Å². The van der Waals surface area contributed by atoms with E-state index in [9.17, 15) is 5.11 Å². The molecule has 3 N–H and O–H groups in total. The average Bonchev–Trinajstić information content (AvgIpc) is 2.73. The second kappa shape index (κ2) is 4.85. The molecule has 0 aliphatic carbocycles. The van der Waals surface area contributed by atoms with E-state index in [1.807, 2.05) is 24.5 Å². The van der Waals surface area contributed by atoms with Crippen LogP contribution < -0.4 is 5.73 Å². The van der Waals surface area contributed by atoms with Crippen LogP contribution in [-0.2, 0) is 6.54 Å². The molecule has 4 nitrogen and oxygen atoms in total. The Kier molecular flexibility index (Phi) is 3.45. The summed E-state index contributed by atoms with van der Waals surface area (Å²) in [5.41, 5.74) is 6.88. The second-order valence-corrected chi connectivity index (χ2v) is 4.73. The Hall–Kier alpha value is -1.39. The van der Waals surface area contributed by atoms with Crippen molar-refractivity contribution in [3.05, 3.63) is 30.6 Å². The normalized spacial score (nSPS) is 15.0. The minimum absolute atomic E-state index is 0.303. The van der Waals surface area contributed by atoms with Crippen molar-refractivity contribution in [2.24, 2.45) is 5.73 Å². The molecule has 1 aromatic heterocycles. The molecule has 0 spiro atoms. The summed E-state index contributed by atoms with van der Waals surface area (Å²) >= 11 is 0. The van der Waals surface area contributed by atoms with Crippen LogP contribution in [-0.4, -0.2) is 26.8 Å². The molecule has 0 aliphatic heterocycles. The second-order valence-electron chi connectivity index (χ2n) is 4.73. The molecule has 0 saturated heterocycles. The number of para-hydroxylation sites is 2. The zero-order chi connectivity index (χ0) is 12.3. The maximum absolute atomic E-state index is 9.82. The van der Waals surface area contributed by atoms with E-state index in [0.717, 1.165) is 24.0 Å². The Balaban J connectivity index is 2.00. The van der Waals surface area contributed by atoms with Crippen LogP contribution in [0.1, 0.15) is 19.8 Å². The van der Waals surface area contributed by atoms with Crippen LogP contribution in [0.25, 0.3) is 11.0 Å². The number of imidazole rings is 1. The summed E-state index contributed by atoms with van der Waals surface area (Å²) in [5, 5.41) is 9.82. The highest BCUT2D eigenvalue weighted by molar-refractivity contribution is 5.74. The van der Waals surface area contributed by atoms with E-state index in [-0.39, 0.29) is 0 Å². The first-order chi connectivity index (χ1) is 8.12. The maximum Gasteiger partial charge on any atom is 0.0958 e. The van der Waals surface area contributed by atoms with E-state index in [0.29, 0.717) is 13.0 Å². The van der Waals surface area contributed by atoms with Crippen molar-refractivity contribution in [1.82, 2.24) is 9.55 Å². The molecule has 2 rings (SSSR count). The average molecular weight is 233 g/mol. The number of nitrogens with two attached hydrogens (primary N) is 1. The van der Waals surface area contributed by atoms with Gasteiger partial charge in [0.2, 0.25) is 0 Å². The lowest BCUT2D eigenvalue weighted by Crippen LogP contribution is -2.34. The first-order valence-corrected chi connectivity index (χ1v) is 5.95. The van der Waals surface area contributed by atoms with Gasteiger partial charge in [-0.05, 0) is 31.9 Å². The highest BCUT2D eigenvalue weighted by Crippen LogP contribution is 2.15. The van der Waals surface area contributed by atoms with Gasteiger partial charge in [0.25, 0.3) is 0 Å². The molecule has 0 saturated carbocycles. The first kappa shape index (κ1) is 12.1. The summed E-state index contributed by atoms with van der Waals surface area (Å²) in [5.74, 6) is 0. The third-order valence-corrected chi connectivity index (χ3v) is 3.08. The highest BCUT2D eigenvalue weighted by Gasteiger charge is 2.17. The van der Waals surface area contributed by atoms with Crippen molar-refractivity contribution in [1.29, 1.82) is 0 Å². The van der Waals surface area contributed by atoms with Gasteiger partial charge in [0.1, 0.15) is 0 Å². The molecular weight excluding hydrogens is 214 g/mol. The Morgan fingerprint density at radius 2 is 2.18 bits per heavy atom. The lowest BCUT2D eigenvalue weighted by atomic mass is 10.0. The SMILES string of the molecule is CC(O)(CN)CCCn1cnc2ccccc21. The van der Waals surface area contributed by atoms with Crippen molar-refractivity contribution in [3.8, 4) is 0 Å². The maximum atomic E-state index is 9.82. The number of aromatic nitrogens is 2. The first-order valence-electron chi connectivity index (χ1n) is 5.95. The van der Waals surface area contributed by atoms with Gasteiger partial charge in [-0.15, -0.1) is 0 Å². The Bertz CT molecular complexity index is 490. The van der Waals surface area contributed by atoms with E-state index in [2.05, 4.69) is 15.6 Å². The number of benzene rings is 1. The van der Waals surface area contributed by atoms with Crippen LogP contribution in [0.4, 0.5) is 0 Å². The summed E-state index contributed by atoms with van der Waals surface area (Å²) < 4.78 is 2.11. The quantitative estimate of drug-likeness (QED) is 0.823. The van der Waals surface area contributed by atoms with Crippen molar-refractivity contribution >= 4 is 11.0 Å². The number of nitrogens with zero attached hydrogens (tertiary/aromatic N) is 2. The molecule has 0 aliphatic rings. The topological polar surface area (TPSA) is 64.1 Å². The van der Waals surface area contributed by atoms with Crippen molar-refractivity contribution < 1.29 is 5.11 Å². The summed E-state index contributed by atoms with van der Waals surface area (Å²) in [7, 11) is 0. The molecule has 17 heavy (non-hydrogen) atoms. The number of hydrogen-bond acceptors (Lipinski definition) is 3. The molecule has 0 radical (unpaired) electrons. The molecule has 0 amide bonds. The number of aryl methyl sites for hydroxylation is 1. The van der Waals surface area contributed by atoms with Gasteiger partial charge in [0.05, 0.1) is 23.0 Å². The fourth-order valence-corrected chi connectivity index (χ4v) is 1.92. The van der Waals surface area contributed by atoms with Crippen LogP contribution in [0.5, 0.6) is 0 Å². The van der Waals surface area contributed by atoms with Gasteiger partial charge < -0.3 is 15.4 Å². The molecular formula is C13H19N3O. The summed E-state index contributed by atoms with van der Waals surface area (Å²) in [6.07, 6.45) is 3.45. The smallest absolute Gasteiger partial charge is 0.0958 e. The molecule has 0 bridgehead atoms. The zero-order valence-corrected chi connectivity index (χ0v) is 10.1. The number of fused-ring (bicyclic) bond motifs is 1. The summed E-state index contributed by atoms with van der Waals surface area (Å²) in [6, 6.07) is 8.06. The minimum atomic E-state index is -0.754. The van der Waals surface area contributed by atoms with Crippen LogP contribution in [0.2, 0.25) is 0 Å². The van der Waals surface area contributed by atoms with E-state index in [1.165, 1.54) is 0 Å². The van der Waals surface area contributed by atoms with Crippen LogP contribution in [0.15, 0.2) is 30.6 Å². The van der Waals surface area contributed by atoms with Gasteiger partial charge in [-0.3, -0.25) is 0 Å². The molecule has 1 heterocycles. The lowest BCUT2D eigenvalue weighted by molar-refractivity contribution is 0.0567. The fourth-order valence-electron chi connectivity index (χ4n) is 1.92. The zero-order valence-electron chi connectivity index (χ0n) is 10.1. The standard InChI is InChI=1S/C13H19N3O/c1-13(17,9-14)7-4-8-16-10-15-11-5-2-3-6-12(11)16/h2-3,5-6,10,17H,4,7-9,14H2,1H3. The largest absolute Gasteiger partial charge is 0.389 e. The number of hydrogen-bond donors (Lipinski definition) is 2. The van der Waals surface area contributed by atoms with Gasteiger partial charge in [-0.25, -0.2) is 4.98 Å². The van der Waals surface area contributed by atoms with E-state index in [1.54, 1.807) is 6.92 Å². The van der Waals surface area contributed by atoms with Gasteiger partial charge in [-0.2, -0.15) is 0 Å². The molecule has 4 heteroatoms. The van der Waals surface area contributed by atoms with E-state index in [4.69, 9.17) is 5.73 Å². The summed E-state index contributed by atoms with van der Waals surface area (Å²) in [4.78, 5) is 4.33. The van der Waals surface area contributed by atoms with Gasteiger partial charge in [-0.1, -0.05) is 12.1 Å². The summed E-state index contributed by atoms with van der Waals surface area (Å²) in [6.45, 7) is 2.94. The van der Waals surface area contributed by atoms with Crippen molar-refractivity contribution in [2.75, 3.05) is 6.54 Å². The van der Waals surface area contributed by atoms with Crippen LogP contribution in [0.3, 0.4) is 0 Å². The van der Waals surface area contributed by atoms with Crippen LogP contribution >= 0.6 is 0 Å². The van der Waals surface area contributed by atoms with Crippen molar-refractivity contribution in [2.45, 2.75) is 31.9 Å². The predicted octanol–water partition coefficient (Wildman–Crippen LogP) is 1.53. The van der Waals surface area contributed by atoms with E-state index < -0.39 is 5.60 Å². The van der Waals surface area contributed by atoms with E-state index >= 15 is 0 Å². The Morgan fingerprint density at radius 1 is 1.41 bits per heavy atom. The number of rotatable bonds is 5. The van der Waals surface area contributed by atoms with Gasteiger partial charge in [0, 0.05) is 13.1 Å². The molecule has 92 valence electrons. The monoisotopic (exact) mass is 233 g/mol. The molecule has 2 aromatic rings.